The maximum absolute atomic E-state index is 4.59. The van der Waals surface area contributed by atoms with Gasteiger partial charge in [0.05, 0.1) is 0 Å². The highest BCUT2D eigenvalue weighted by Gasteiger charge is 2.20. The van der Waals surface area contributed by atoms with Gasteiger partial charge in [-0.25, -0.2) is 9.97 Å². The van der Waals surface area contributed by atoms with Crippen LogP contribution < -0.4 is 0 Å². The molecule has 0 bridgehead atoms. The summed E-state index contributed by atoms with van der Waals surface area (Å²) in [5.41, 5.74) is 7.78. The molecule has 0 spiro atoms. The Morgan fingerprint density at radius 2 is 2.00 bits per heavy atom. The average molecular weight is 347 g/mol. The number of pyridine rings is 1. The Bertz CT molecular complexity index is 914. The van der Waals surface area contributed by atoms with Crippen LogP contribution in [-0.4, -0.2) is 31.0 Å². The summed E-state index contributed by atoms with van der Waals surface area (Å²) in [5, 5.41) is 0. The Balaban J connectivity index is 1.51. The van der Waals surface area contributed by atoms with Gasteiger partial charge in [-0.1, -0.05) is 6.07 Å². The van der Waals surface area contributed by atoms with Crippen molar-refractivity contribution in [3.8, 4) is 0 Å². The first kappa shape index (κ1) is 16.9. The van der Waals surface area contributed by atoms with Crippen LogP contribution in [0.5, 0.6) is 0 Å². The average Bonchev–Trinajstić information content (AvgIpc) is 2.90. The van der Waals surface area contributed by atoms with E-state index in [9.17, 15) is 0 Å². The number of fused-ring (bicyclic) bond motifs is 1. The zero-order chi connectivity index (χ0) is 18.1. The lowest BCUT2D eigenvalue weighted by Crippen LogP contribution is -2.31. The maximum Gasteiger partial charge on any atom is 0.125 e. The fraction of sp³-hybridized carbons (Fsp3) is 0.381. The van der Waals surface area contributed by atoms with Gasteiger partial charge in [0.1, 0.15) is 5.82 Å². The second kappa shape index (κ2) is 7.00. The van der Waals surface area contributed by atoms with Crippen molar-refractivity contribution in [1.29, 1.82) is 0 Å². The lowest BCUT2D eigenvalue weighted by molar-refractivity contribution is 0.242. The molecule has 0 saturated heterocycles. The molecule has 0 aliphatic carbocycles. The number of rotatable bonds is 4. The van der Waals surface area contributed by atoms with Gasteiger partial charge in [-0.2, -0.15) is 0 Å². The first-order chi connectivity index (χ1) is 12.6. The summed E-state index contributed by atoms with van der Waals surface area (Å²) < 4.78 is 2.39. The molecule has 134 valence electrons. The van der Waals surface area contributed by atoms with E-state index in [4.69, 9.17) is 0 Å². The van der Waals surface area contributed by atoms with Crippen molar-refractivity contribution in [2.24, 2.45) is 0 Å². The zero-order valence-corrected chi connectivity index (χ0v) is 15.7. The number of hydrogen-bond donors (Lipinski definition) is 0. The largest absolute Gasteiger partial charge is 0.344 e. The molecule has 26 heavy (non-hydrogen) atoms. The summed E-state index contributed by atoms with van der Waals surface area (Å²) in [5.74, 6) is 0.871. The van der Waals surface area contributed by atoms with Gasteiger partial charge in [-0.05, 0) is 44.0 Å². The summed E-state index contributed by atoms with van der Waals surface area (Å²) in [6.07, 6.45) is 6.77. The summed E-state index contributed by atoms with van der Waals surface area (Å²) in [6.45, 7) is 10.2. The highest BCUT2D eigenvalue weighted by Crippen LogP contribution is 2.22. The van der Waals surface area contributed by atoms with Gasteiger partial charge in [0.2, 0.25) is 0 Å². The molecule has 0 atom stereocenters. The van der Waals surface area contributed by atoms with Crippen molar-refractivity contribution < 1.29 is 0 Å². The van der Waals surface area contributed by atoms with Crippen molar-refractivity contribution in [2.75, 3.05) is 6.54 Å². The molecule has 5 nitrogen and oxygen atoms in total. The van der Waals surface area contributed by atoms with E-state index in [1.807, 2.05) is 31.6 Å². The molecule has 0 fully saturated rings. The van der Waals surface area contributed by atoms with Crippen LogP contribution in [-0.2, 0) is 26.1 Å². The minimum Gasteiger partial charge on any atom is -0.344 e. The molecule has 3 aromatic heterocycles. The quantitative estimate of drug-likeness (QED) is 0.727. The van der Waals surface area contributed by atoms with Crippen LogP contribution in [0, 0.1) is 20.8 Å². The third-order valence-electron chi connectivity index (χ3n) is 5.27. The lowest BCUT2D eigenvalue weighted by atomic mass is 10.1. The Morgan fingerprint density at radius 3 is 2.81 bits per heavy atom. The summed E-state index contributed by atoms with van der Waals surface area (Å²) >= 11 is 0. The van der Waals surface area contributed by atoms with Gasteiger partial charge in [0.25, 0.3) is 0 Å². The van der Waals surface area contributed by atoms with Crippen molar-refractivity contribution in [3.63, 3.8) is 0 Å². The van der Waals surface area contributed by atoms with Crippen LogP contribution in [0.4, 0.5) is 0 Å². The highest BCUT2D eigenvalue weighted by atomic mass is 15.1. The van der Waals surface area contributed by atoms with Gasteiger partial charge in [0, 0.05) is 73.8 Å². The van der Waals surface area contributed by atoms with Gasteiger partial charge in [-0.3, -0.25) is 9.88 Å². The molecule has 0 N–H and O–H groups in total. The Labute approximate surface area is 154 Å². The molecule has 1 aliphatic rings. The SMILES string of the molecule is Cc1ncc2c(n1)CCN(Cc1cc(C)n(Cc3cccnc3)c1C)C2. The Morgan fingerprint density at radius 1 is 1.12 bits per heavy atom. The standard InChI is InChI=1S/C21H25N5/c1-15-9-19(16(2)26(15)12-18-5-4-7-22-10-18)13-25-8-6-21-20(14-25)11-23-17(3)24-21/h4-5,7,9-11H,6,8,12-14H2,1-3H3. The van der Waals surface area contributed by atoms with Gasteiger partial charge in [0.15, 0.2) is 0 Å². The van der Waals surface area contributed by atoms with E-state index in [0.717, 1.165) is 38.4 Å². The minimum atomic E-state index is 0.871. The van der Waals surface area contributed by atoms with E-state index in [-0.39, 0.29) is 0 Å². The van der Waals surface area contributed by atoms with Gasteiger partial charge < -0.3 is 4.57 Å². The number of aryl methyl sites for hydroxylation is 2. The van der Waals surface area contributed by atoms with Crippen molar-refractivity contribution in [1.82, 2.24) is 24.4 Å². The van der Waals surface area contributed by atoms with Crippen LogP contribution in [0.3, 0.4) is 0 Å². The van der Waals surface area contributed by atoms with E-state index < -0.39 is 0 Å². The Kier molecular flexibility index (Phi) is 4.55. The first-order valence-electron chi connectivity index (χ1n) is 9.18. The van der Waals surface area contributed by atoms with Crippen molar-refractivity contribution in [2.45, 2.75) is 46.8 Å². The second-order valence-electron chi connectivity index (χ2n) is 7.19. The molecule has 0 unspecified atom stereocenters. The third-order valence-corrected chi connectivity index (χ3v) is 5.27. The fourth-order valence-corrected chi connectivity index (χ4v) is 3.80. The fourth-order valence-electron chi connectivity index (χ4n) is 3.80. The second-order valence-corrected chi connectivity index (χ2v) is 7.19. The number of aromatic nitrogens is 4. The van der Waals surface area contributed by atoms with E-state index in [1.165, 1.54) is 33.8 Å². The molecule has 0 saturated carbocycles. The summed E-state index contributed by atoms with van der Waals surface area (Å²) in [7, 11) is 0. The molecule has 1 aliphatic heterocycles. The predicted molar refractivity (Wildman–Crippen MR) is 102 cm³/mol. The van der Waals surface area contributed by atoms with Gasteiger partial charge >= 0.3 is 0 Å². The molecule has 0 radical (unpaired) electrons. The maximum atomic E-state index is 4.59. The zero-order valence-electron chi connectivity index (χ0n) is 15.7. The molecule has 0 amide bonds. The van der Waals surface area contributed by atoms with Crippen LogP contribution >= 0.6 is 0 Å². The van der Waals surface area contributed by atoms with Crippen LogP contribution in [0.1, 0.15) is 39.6 Å². The lowest BCUT2D eigenvalue weighted by Gasteiger charge is -2.28. The van der Waals surface area contributed by atoms with E-state index >= 15 is 0 Å². The van der Waals surface area contributed by atoms with Crippen molar-refractivity contribution >= 4 is 0 Å². The molecule has 3 aromatic rings. The number of nitrogens with zero attached hydrogens (tertiary/aromatic N) is 5. The predicted octanol–water partition coefficient (Wildman–Crippen LogP) is 3.20. The van der Waals surface area contributed by atoms with E-state index in [0.29, 0.717) is 0 Å². The van der Waals surface area contributed by atoms with E-state index in [1.54, 1.807) is 0 Å². The normalized spacial score (nSPS) is 14.4. The van der Waals surface area contributed by atoms with E-state index in [2.05, 4.69) is 50.4 Å². The highest BCUT2D eigenvalue weighted by molar-refractivity contribution is 5.29. The Hall–Kier alpha value is -2.53. The molecule has 4 heterocycles. The van der Waals surface area contributed by atoms with Crippen LogP contribution in [0.2, 0.25) is 0 Å². The van der Waals surface area contributed by atoms with Crippen LogP contribution in [0.15, 0.2) is 36.8 Å². The molecule has 0 aromatic carbocycles. The van der Waals surface area contributed by atoms with Crippen molar-refractivity contribution in [3.05, 3.63) is 76.4 Å². The third kappa shape index (κ3) is 3.40. The summed E-state index contributed by atoms with van der Waals surface area (Å²) in [4.78, 5) is 15.7. The molecule has 5 heteroatoms. The molecular weight excluding hydrogens is 322 g/mol. The smallest absolute Gasteiger partial charge is 0.125 e. The number of hydrogen-bond acceptors (Lipinski definition) is 4. The van der Waals surface area contributed by atoms with Crippen LogP contribution in [0.25, 0.3) is 0 Å². The minimum absolute atomic E-state index is 0.871. The molecule has 4 rings (SSSR count). The monoisotopic (exact) mass is 347 g/mol. The van der Waals surface area contributed by atoms with Gasteiger partial charge in [-0.15, -0.1) is 0 Å². The summed E-state index contributed by atoms with van der Waals surface area (Å²) in [6, 6.07) is 6.46. The topological polar surface area (TPSA) is 46.8 Å². The molecular formula is C21H25N5. The first-order valence-corrected chi connectivity index (χ1v) is 9.18.